The van der Waals surface area contributed by atoms with E-state index in [0.29, 0.717) is 25.7 Å². The molecule has 1 amide bonds. The van der Waals surface area contributed by atoms with Crippen LogP contribution in [0.4, 0.5) is 26.3 Å². The van der Waals surface area contributed by atoms with Gasteiger partial charge in [-0.05, 0) is 19.3 Å². The zero-order chi connectivity index (χ0) is 19.0. The molecule has 0 radical (unpaired) electrons. The minimum atomic E-state index is -5.68. The zero-order valence-corrected chi connectivity index (χ0v) is 14.5. The smallest absolute Gasteiger partial charge is 0.342 e. The van der Waals surface area contributed by atoms with Crippen molar-refractivity contribution in [3.8, 4) is 0 Å². The molecule has 0 saturated heterocycles. The van der Waals surface area contributed by atoms with Crippen LogP contribution in [0, 0.1) is 5.41 Å². The molecule has 144 valence electrons. The van der Waals surface area contributed by atoms with Crippen molar-refractivity contribution in [2.45, 2.75) is 78.1 Å². The van der Waals surface area contributed by atoms with Gasteiger partial charge in [-0.2, -0.15) is 26.3 Å². The minimum Gasteiger partial charge on any atom is -0.342 e. The molecular formula is C16H27F6NO. The molecule has 0 rings (SSSR count). The van der Waals surface area contributed by atoms with Crippen LogP contribution in [0.1, 0.15) is 65.7 Å². The van der Waals surface area contributed by atoms with Gasteiger partial charge in [-0.15, -0.1) is 0 Å². The Bertz CT molecular complexity index is 354. The Morgan fingerprint density at radius 2 is 1.12 bits per heavy atom. The van der Waals surface area contributed by atoms with Crippen molar-refractivity contribution in [3.63, 3.8) is 0 Å². The van der Waals surface area contributed by atoms with E-state index in [1.807, 2.05) is 13.8 Å². The highest BCUT2D eigenvalue weighted by molar-refractivity contribution is 5.84. The number of carbonyl (C=O) groups excluding carboxylic acids is 1. The van der Waals surface area contributed by atoms with Gasteiger partial charge in [0.05, 0.1) is 0 Å². The molecule has 0 aliphatic rings. The van der Waals surface area contributed by atoms with E-state index < -0.39 is 30.1 Å². The standard InChI is InChI=1S/C16H27F6NO/c1-4-7-9-11-23(12-10-8-5-2)13(24)14(6-3,15(17,18)19)16(20,21)22/h4-12H2,1-3H3. The molecule has 0 spiro atoms. The van der Waals surface area contributed by atoms with Crippen LogP contribution in [0.5, 0.6) is 0 Å². The molecule has 8 heteroatoms. The number of hydrogen-bond acceptors (Lipinski definition) is 1. The van der Waals surface area contributed by atoms with Gasteiger partial charge in [0, 0.05) is 13.1 Å². The molecule has 24 heavy (non-hydrogen) atoms. The number of amides is 1. The maximum atomic E-state index is 13.3. The lowest BCUT2D eigenvalue weighted by molar-refractivity contribution is -0.329. The molecular weight excluding hydrogens is 336 g/mol. The van der Waals surface area contributed by atoms with Crippen molar-refractivity contribution in [2.75, 3.05) is 13.1 Å². The molecule has 2 nitrogen and oxygen atoms in total. The summed E-state index contributed by atoms with van der Waals surface area (Å²) in [6.07, 6.45) is -9.10. The van der Waals surface area contributed by atoms with Gasteiger partial charge in [-0.1, -0.05) is 46.5 Å². The fourth-order valence-corrected chi connectivity index (χ4v) is 2.65. The summed E-state index contributed by atoms with van der Waals surface area (Å²) in [5.74, 6) is -1.86. The lowest BCUT2D eigenvalue weighted by Crippen LogP contribution is -2.60. The van der Waals surface area contributed by atoms with Crippen LogP contribution in [0.25, 0.3) is 0 Å². The van der Waals surface area contributed by atoms with Crippen LogP contribution < -0.4 is 0 Å². The van der Waals surface area contributed by atoms with Crippen LogP contribution in [-0.4, -0.2) is 36.2 Å². The van der Waals surface area contributed by atoms with Crippen LogP contribution in [-0.2, 0) is 4.79 Å². The Kier molecular flexibility index (Phi) is 9.14. The largest absolute Gasteiger partial charge is 0.412 e. The molecule has 0 heterocycles. The van der Waals surface area contributed by atoms with Crippen LogP contribution >= 0.6 is 0 Å². The van der Waals surface area contributed by atoms with Crippen molar-refractivity contribution >= 4 is 5.91 Å². The molecule has 0 aromatic rings. The summed E-state index contributed by atoms with van der Waals surface area (Å²) < 4.78 is 79.7. The number of rotatable bonds is 10. The first-order valence-electron chi connectivity index (χ1n) is 8.42. The Morgan fingerprint density at radius 3 is 1.38 bits per heavy atom. The molecule has 0 bridgehead atoms. The van der Waals surface area contributed by atoms with E-state index in [1.54, 1.807) is 0 Å². The van der Waals surface area contributed by atoms with Gasteiger partial charge in [-0.25, -0.2) is 0 Å². The number of unbranched alkanes of at least 4 members (excludes halogenated alkanes) is 4. The summed E-state index contributed by atoms with van der Waals surface area (Å²) in [4.78, 5) is 13.1. The van der Waals surface area contributed by atoms with E-state index in [4.69, 9.17) is 0 Å². The number of hydrogen-bond donors (Lipinski definition) is 0. The summed E-state index contributed by atoms with van der Waals surface area (Å²) >= 11 is 0. The summed E-state index contributed by atoms with van der Waals surface area (Å²) in [5, 5.41) is 0. The number of nitrogens with zero attached hydrogens (tertiary/aromatic N) is 1. The molecule has 0 aliphatic heterocycles. The number of halogens is 6. The van der Waals surface area contributed by atoms with Gasteiger partial charge < -0.3 is 4.90 Å². The predicted molar refractivity (Wildman–Crippen MR) is 80.5 cm³/mol. The molecule has 0 aliphatic carbocycles. The predicted octanol–water partition coefficient (Wildman–Crippen LogP) is 5.72. The molecule has 0 unspecified atom stereocenters. The van der Waals surface area contributed by atoms with Gasteiger partial charge in [0.25, 0.3) is 0 Å². The van der Waals surface area contributed by atoms with E-state index in [9.17, 15) is 31.1 Å². The summed E-state index contributed by atoms with van der Waals surface area (Å²) in [6, 6.07) is 0. The summed E-state index contributed by atoms with van der Waals surface area (Å²) in [5.41, 5.74) is -4.32. The highest BCUT2D eigenvalue weighted by Gasteiger charge is 2.74. The van der Waals surface area contributed by atoms with Gasteiger partial charge in [0.2, 0.25) is 11.3 Å². The quantitative estimate of drug-likeness (QED) is 0.359. The van der Waals surface area contributed by atoms with Crippen molar-refractivity contribution in [2.24, 2.45) is 5.41 Å². The fourth-order valence-electron chi connectivity index (χ4n) is 2.65. The lowest BCUT2D eigenvalue weighted by Gasteiger charge is -2.39. The zero-order valence-electron chi connectivity index (χ0n) is 14.5. The Morgan fingerprint density at radius 1 is 0.750 bits per heavy atom. The second-order valence-electron chi connectivity index (χ2n) is 5.96. The SMILES string of the molecule is CCCCCN(CCCCC)C(=O)C(CC)(C(F)(F)F)C(F)(F)F. The Balaban J connectivity index is 5.62. The maximum absolute atomic E-state index is 13.3. The van der Waals surface area contributed by atoms with Crippen LogP contribution in [0.3, 0.4) is 0 Å². The fraction of sp³-hybridized carbons (Fsp3) is 0.938. The van der Waals surface area contributed by atoms with E-state index >= 15 is 0 Å². The van der Waals surface area contributed by atoms with E-state index in [2.05, 4.69) is 0 Å². The average molecular weight is 363 g/mol. The molecule has 0 aromatic heterocycles. The van der Waals surface area contributed by atoms with Gasteiger partial charge in [0.1, 0.15) is 0 Å². The first-order valence-corrected chi connectivity index (χ1v) is 8.42. The topological polar surface area (TPSA) is 20.3 Å². The van der Waals surface area contributed by atoms with Gasteiger partial charge >= 0.3 is 12.4 Å². The van der Waals surface area contributed by atoms with Crippen molar-refractivity contribution in [1.29, 1.82) is 0 Å². The third-order valence-electron chi connectivity index (χ3n) is 4.21. The minimum absolute atomic E-state index is 0.0791. The first-order chi connectivity index (χ1) is 11.0. The third-order valence-corrected chi connectivity index (χ3v) is 4.21. The van der Waals surface area contributed by atoms with Crippen molar-refractivity contribution in [1.82, 2.24) is 4.90 Å². The summed E-state index contributed by atoms with van der Waals surface area (Å²) in [7, 11) is 0. The third kappa shape index (κ3) is 5.28. The van der Waals surface area contributed by atoms with Crippen LogP contribution in [0.15, 0.2) is 0 Å². The van der Waals surface area contributed by atoms with Crippen molar-refractivity contribution in [3.05, 3.63) is 0 Å². The first kappa shape index (κ1) is 23.1. The van der Waals surface area contributed by atoms with E-state index in [-0.39, 0.29) is 13.1 Å². The molecule has 0 aromatic carbocycles. The monoisotopic (exact) mass is 363 g/mol. The molecule has 0 N–H and O–H groups in total. The molecule has 0 saturated carbocycles. The molecule has 0 atom stereocenters. The average Bonchev–Trinajstić information content (AvgIpc) is 2.44. The number of carbonyl (C=O) groups is 1. The highest BCUT2D eigenvalue weighted by atomic mass is 19.4. The van der Waals surface area contributed by atoms with Gasteiger partial charge in [-0.3, -0.25) is 4.79 Å². The van der Waals surface area contributed by atoms with Crippen LogP contribution in [0.2, 0.25) is 0 Å². The number of alkyl halides is 6. The van der Waals surface area contributed by atoms with E-state index in [0.717, 1.165) is 24.7 Å². The van der Waals surface area contributed by atoms with Crippen molar-refractivity contribution < 1.29 is 31.1 Å². The highest BCUT2D eigenvalue weighted by Crippen LogP contribution is 2.53. The maximum Gasteiger partial charge on any atom is 0.412 e. The Hall–Kier alpha value is -0.950. The Labute approximate surface area is 139 Å². The molecule has 0 fully saturated rings. The summed E-state index contributed by atoms with van der Waals surface area (Å²) in [6.45, 7) is 4.33. The van der Waals surface area contributed by atoms with Gasteiger partial charge in [0.15, 0.2) is 0 Å². The van der Waals surface area contributed by atoms with E-state index in [1.165, 1.54) is 0 Å². The second-order valence-corrected chi connectivity index (χ2v) is 5.96. The lowest BCUT2D eigenvalue weighted by atomic mass is 9.81. The second kappa shape index (κ2) is 9.51. The normalized spacial score (nSPS) is 13.2.